The first-order chi connectivity index (χ1) is 31.3. The van der Waals surface area contributed by atoms with Gasteiger partial charge in [-0.15, -0.1) is 0 Å². The molecule has 0 N–H and O–H groups in total. The summed E-state index contributed by atoms with van der Waals surface area (Å²) >= 11 is 0. The van der Waals surface area contributed by atoms with Crippen LogP contribution < -0.4 is 4.74 Å². The van der Waals surface area contributed by atoms with Gasteiger partial charge in [-0.05, 0) is 123 Å². The Hall–Kier alpha value is -2.62. The summed E-state index contributed by atoms with van der Waals surface area (Å²) in [7, 11) is 0. The van der Waals surface area contributed by atoms with E-state index in [1.54, 1.807) is 18.2 Å². The Bertz CT molecular complexity index is 1540. The zero-order valence-electron chi connectivity index (χ0n) is 42.8. The Labute approximate surface area is 395 Å². The molecule has 4 heteroatoms. The lowest BCUT2D eigenvalue weighted by molar-refractivity contribution is 0.0581. The first kappa shape index (κ1) is 54.0. The summed E-state index contributed by atoms with van der Waals surface area (Å²) in [5, 5.41) is 0. The average molecular weight is 882 g/mol. The standard InChI is InChI=1S/C60H99NO3/c1-7-12-14-16-22-28-34-54-50(32-26-15-13-8-2)38-39-51(33-27-21-17-19-24-30-46-60(6,44-9-3)45-10-4)55(54)35-29-23-18-20-25-31-47-61-58(62)56-43-42-53(48-57(56)59(61)63)64-52-40-36-49(11-5)37-41-52/h36-37,40-43,48,50-51,54-55H,7-35,38-39,44-47H2,1-6H3. The number of nitrogens with zero attached hydrogens (tertiary/aromatic N) is 1. The van der Waals surface area contributed by atoms with Gasteiger partial charge in [0.05, 0.1) is 11.1 Å². The fraction of sp³-hybridized carbons (Fsp3) is 0.767. The van der Waals surface area contributed by atoms with Crippen molar-refractivity contribution in [1.29, 1.82) is 0 Å². The third kappa shape index (κ3) is 18.6. The van der Waals surface area contributed by atoms with Crippen LogP contribution in [0, 0.1) is 29.1 Å². The second-order valence-corrected chi connectivity index (χ2v) is 21.3. The maximum absolute atomic E-state index is 13.4. The molecule has 2 aliphatic rings. The largest absolute Gasteiger partial charge is 0.457 e. The van der Waals surface area contributed by atoms with Gasteiger partial charge in [-0.25, -0.2) is 0 Å². The van der Waals surface area contributed by atoms with E-state index < -0.39 is 0 Å². The normalized spacial score (nSPS) is 18.9. The molecule has 0 saturated heterocycles. The molecule has 4 unspecified atom stereocenters. The molecule has 2 aromatic carbocycles. The van der Waals surface area contributed by atoms with Gasteiger partial charge in [-0.1, -0.05) is 214 Å². The number of fused-ring (bicyclic) bond motifs is 1. The molecule has 0 aromatic heterocycles. The molecular weight excluding hydrogens is 783 g/mol. The van der Waals surface area contributed by atoms with Crippen LogP contribution in [0.2, 0.25) is 0 Å². The van der Waals surface area contributed by atoms with Crippen LogP contribution in [-0.2, 0) is 6.42 Å². The summed E-state index contributed by atoms with van der Waals surface area (Å²) in [6, 6.07) is 13.3. The molecule has 1 saturated carbocycles. The molecule has 0 radical (unpaired) electrons. The number of amides is 2. The topological polar surface area (TPSA) is 46.6 Å². The van der Waals surface area contributed by atoms with Gasteiger partial charge in [0.1, 0.15) is 11.5 Å². The van der Waals surface area contributed by atoms with Gasteiger partial charge in [-0.3, -0.25) is 14.5 Å². The number of unbranched alkanes of at least 4 members (excludes halogenated alkanes) is 18. The van der Waals surface area contributed by atoms with E-state index in [1.165, 1.54) is 210 Å². The van der Waals surface area contributed by atoms with Crippen LogP contribution >= 0.6 is 0 Å². The van der Waals surface area contributed by atoms with Crippen molar-refractivity contribution in [3.8, 4) is 11.5 Å². The summed E-state index contributed by atoms with van der Waals surface area (Å²) in [5.74, 6) is 4.76. The van der Waals surface area contributed by atoms with E-state index in [1.807, 2.05) is 12.1 Å². The van der Waals surface area contributed by atoms with Crippen LogP contribution in [0.15, 0.2) is 42.5 Å². The van der Waals surface area contributed by atoms with E-state index in [0.29, 0.717) is 28.8 Å². The van der Waals surface area contributed by atoms with E-state index in [9.17, 15) is 9.59 Å². The number of hydrogen-bond donors (Lipinski definition) is 0. The number of carbonyl (C=O) groups excluding carboxylic acids is 2. The predicted molar refractivity (Wildman–Crippen MR) is 275 cm³/mol. The lowest BCUT2D eigenvalue weighted by Crippen LogP contribution is -2.35. The van der Waals surface area contributed by atoms with Crippen LogP contribution in [0.5, 0.6) is 11.5 Å². The minimum atomic E-state index is -0.180. The van der Waals surface area contributed by atoms with Gasteiger partial charge < -0.3 is 4.74 Å². The first-order valence-corrected chi connectivity index (χ1v) is 28.0. The van der Waals surface area contributed by atoms with E-state index in [0.717, 1.165) is 48.7 Å². The predicted octanol–water partition coefficient (Wildman–Crippen LogP) is 19.1. The van der Waals surface area contributed by atoms with E-state index in [2.05, 4.69) is 53.7 Å². The first-order valence-electron chi connectivity index (χ1n) is 28.0. The van der Waals surface area contributed by atoms with E-state index >= 15 is 0 Å². The highest BCUT2D eigenvalue weighted by molar-refractivity contribution is 6.21. The molecule has 4 nitrogen and oxygen atoms in total. The lowest BCUT2D eigenvalue weighted by atomic mass is 9.61. The van der Waals surface area contributed by atoms with Crippen molar-refractivity contribution in [2.24, 2.45) is 29.1 Å². The molecule has 2 amide bonds. The van der Waals surface area contributed by atoms with Gasteiger partial charge in [0.2, 0.25) is 0 Å². The fourth-order valence-electron chi connectivity index (χ4n) is 12.2. The number of aryl methyl sites for hydroxylation is 1. The van der Waals surface area contributed by atoms with Crippen LogP contribution in [0.1, 0.15) is 280 Å². The molecule has 1 fully saturated rings. The molecule has 2 aromatic rings. The Morgan fingerprint density at radius 2 is 0.938 bits per heavy atom. The quantitative estimate of drug-likeness (QED) is 0.0502. The molecule has 362 valence electrons. The third-order valence-corrected chi connectivity index (χ3v) is 16.0. The second kappa shape index (κ2) is 31.4. The van der Waals surface area contributed by atoms with Gasteiger partial charge in [0, 0.05) is 6.54 Å². The maximum Gasteiger partial charge on any atom is 0.261 e. The van der Waals surface area contributed by atoms with Crippen LogP contribution in [0.3, 0.4) is 0 Å². The van der Waals surface area contributed by atoms with Gasteiger partial charge in [-0.2, -0.15) is 0 Å². The number of rotatable bonds is 37. The molecule has 0 bridgehead atoms. The molecule has 1 aliphatic heterocycles. The fourth-order valence-corrected chi connectivity index (χ4v) is 12.2. The van der Waals surface area contributed by atoms with E-state index in [4.69, 9.17) is 4.74 Å². The summed E-state index contributed by atoms with van der Waals surface area (Å²) in [4.78, 5) is 28.1. The summed E-state index contributed by atoms with van der Waals surface area (Å²) < 4.78 is 6.05. The number of benzene rings is 2. The highest BCUT2D eigenvalue weighted by atomic mass is 16.5. The number of imide groups is 1. The highest BCUT2D eigenvalue weighted by Crippen LogP contribution is 2.48. The van der Waals surface area contributed by atoms with Crippen molar-refractivity contribution in [2.75, 3.05) is 6.54 Å². The molecule has 64 heavy (non-hydrogen) atoms. The minimum Gasteiger partial charge on any atom is -0.457 e. The summed E-state index contributed by atoms with van der Waals surface area (Å²) in [5.41, 5.74) is 2.80. The summed E-state index contributed by atoms with van der Waals surface area (Å²) in [6.07, 6.45) is 46.6. The Morgan fingerprint density at radius 3 is 1.47 bits per heavy atom. The molecular formula is C60H99NO3. The van der Waals surface area contributed by atoms with Gasteiger partial charge in [0.25, 0.3) is 11.8 Å². The van der Waals surface area contributed by atoms with Crippen molar-refractivity contribution in [3.05, 3.63) is 59.2 Å². The van der Waals surface area contributed by atoms with Crippen molar-refractivity contribution >= 4 is 11.8 Å². The zero-order valence-corrected chi connectivity index (χ0v) is 42.8. The van der Waals surface area contributed by atoms with Crippen LogP contribution in [-0.4, -0.2) is 23.3 Å². The molecule has 4 atom stereocenters. The van der Waals surface area contributed by atoms with Crippen molar-refractivity contribution in [1.82, 2.24) is 4.90 Å². The Kier molecular flexibility index (Phi) is 26.5. The maximum atomic E-state index is 13.4. The van der Waals surface area contributed by atoms with Crippen molar-refractivity contribution in [3.63, 3.8) is 0 Å². The molecule has 4 rings (SSSR count). The van der Waals surface area contributed by atoms with Crippen LogP contribution in [0.4, 0.5) is 0 Å². The van der Waals surface area contributed by atoms with Crippen molar-refractivity contribution < 1.29 is 14.3 Å². The second-order valence-electron chi connectivity index (χ2n) is 21.3. The smallest absolute Gasteiger partial charge is 0.261 e. The Morgan fingerprint density at radius 1 is 0.484 bits per heavy atom. The van der Waals surface area contributed by atoms with Gasteiger partial charge >= 0.3 is 0 Å². The Balaban J connectivity index is 1.24. The number of carbonyl (C=O) groups is 2. The van der Waals surface area contributed by atoms with E-state index in [-0.39, 0.29) is 11.8 Å². The third-order valence-electron chi connectivity index (χ3n) is 16.0. The molecule has 0 spiro atoms. The number of ether oxygens (including phenoxy) is 1. The minimum absolute atomic E-state index is 0.159. The van der Waals surface area contributed by atoms with Gasteiger partial charge in [0.15, 0.2) is 0 Å². The zero-order chi connectivity index (χ0) is 45.8. The number of hydrogen-bond acceptors (Lipinski definition) is 3. The SMILES string of the molecule is CCCCCCCCC1C(CCCCCC)CCC(CCCCCCCCC(C)(CCC)CCC)C1CCCCCCCCN1C(=O)c2ccc(Oc3ccc(CC)cc3)cc2C1=O. The molecule has 1 heterocycles. The average Bonchev–Trinajstić information content (AvgIpc) is 3.53. The highest BCUT2D eigenvalue weighted by Gasteiger charge is 2.38. The summed E-state index contributed by atoms with van der Waals surface area (Å²) in [6.45, 7) is 14.6. The molecule has 1 aliphatic carbocycles. The van der Waals surface area contributed by atoms with Crippen LogP contribution in [0.25, 0.3) is 0 Å². The van der Waals surface area contributed by atoms with Crippen molar-refractivity contribution in [2.45, 2.75) is 260 Å². The lowest BCUT2D eigenvalue weighted by Gasteiger charge is -2.44. The monoisotopic (exact) mass is 882 g/mol.